The summed E-state index contributed by atoms with van der Waals surface area (Å²) in [6, 6.07) is 98.9. The first-order valence-corrected chi connectivity index (χ1v) is 24.3. The lowest BCUT2D eigenvalue weighted by Crippen LogP contribution is -1.91. The number of benzene rings is 14. The second-order valence-electron chi connectivity index (χ2n) is 18.7. The van der Waals surface area contributed by atoms with Gasteiger partial charge in [-0.1, -0.05) is 243 Å². The van der Waals surface area contributed by atoms with Crippen LogP contribution in [-0.2, 0) is 0 Å². The van der Waals surface area contributed by atoms with Crippen molar-refractivity contribution in [3.63, 3.8) is 0 Å². The molecule has 0 aliphatic carbocycles. The summed E-state index contributed by atoms with van der Waals surface area (Å²) >= 11 is 0. The van der Waals surface area contributed by atoms with Gasteiger partial charge in [0, 0.05) is 0 Å². The average molecular weight is 885 g/mol. The molecule has 14 rings (SSSR count). The maximum absolute atomic E-state index is 2.39. The van der Waals surface area contributed by atoms with Crippen molar-refractivity contribution in [3.8, 4) is 66.8 Å². The Morgan fingerprint density at radius 1 is 0.143 bits per heavy atom. The van der Waals surface area contributed by atoms with E-state index in [4.69, 9.17) is 0 Å². The van der Waals surface area contributed by atoms with Crippen molar-refractivity contribution >= 4 is 75.4 Å². The summed E-state index contributed by atoms with van der Waals surface area (Å²) in [6.07, 6.45) is 0. The number of rotatable bonds is 6. The van der Waals surface area contributed by atoms with Crippen molar-refractivity contribution in [3.05, 3.63) is 267 Å². The smallest absolute Gasteiger partial charge is 0.00262 e. The summed E-state index contributed by atoms with van der Waals surface area (Å²) < 4.78 is 0. The first-order valence-electron chi connectivity index (χ1n) is 24.3. The van der Waals surface area contributed by atoms with E-state index in [-0.39, 0.29) is 0 Å². The van der Waals surface area contributed by atoms with Crippen LogP contribution in [0.4, 0.5) is 0 Å². The first kappa shape index (κ1) is 40.0. The van der Waals surface area contributed by atoms with E-state index in [1.807, 2.05) is 0 Å². The van der Waals surface area contributed by atoms with Gasteiger partial charge >= 0.3 is 0 Å². The van der Waals surface area contributed by atoms with E-state index in [1.165, 1.54) is 142 Å². The highest BCUT2D eigenvalue weighted by molar-refractivity contribution is 6.23. The molecule has 0 radical (unpaired) electrons. The Morgan fingerprint density at radius 3 is 0.814 bits per heavy atom. The fourth-order valence-corrected chi connectivity index (χ4v) is 11.6. The second kappa shape index (κ2) is 16.3. The van der Waals surface area contributed by atoms with Crippen molar-refractivity contribution in [1.29, 1.82) is 0 Å². The third-order valence-electron chi connectivity index (χ3n) is 14.8. The highest BCUT2D eigenvalue weighted by Gasteiger charge is 2.19. The van der Waals surface area contributed by atoms with E-state index in [2.05, 4.69) is 267 Å². The van der Waals surface area contributed by atoms with Gasteiger partial charge in [0.2, 0.25) is 0 Å². The lowest BCUT2D eigenvalue weighted by atomic mass is 9.85. The standard InChI is InChI=1S/C70H44/c1-3-17-51-41-54(39-31-45(51)15-1)69-62-25-11-7-21-58(62)67(59-22-8-12-26-63(59)69)49-35-29-47(30-36-49)56-43-53-19-5-6-20-57(53)66(44-56)48-33-37-50(38-34-48)68-60-23-9-13-27-64(60)70(65-28-14-10-24-61(65)68)55-40-32-46-16-2-4-18-52(46)42-55/h1-44H. The number of hydrogen-bond acceptors (Lipinski definition) is 0. The number of fused-ring (bicyclic) bond motifs is 7. The van der Waals surface area contributed by atoms with E-state index < -0.39 is 0 Å². The molecular weight excluding hydrogens is 841 g/mol. The zero-order chi connectivity index (χ0) is 46.1. The molecule has 324 valence electrons. The van der Waals surface area contributed by atoms with Crippen LogP contribution in [-0.4, -0.2) is 0 Å². The molecule has 0 aliphatic rings. The zero-order valence-corrected chi connectivity index (χ0v) is 38.4. The molecule has 0 bridgehead atoms. The summed E-state index contributed by atoms with van der Waals surface area (Å²) in [7, 11) is 0. The highest BCUT2D eigenvalue weighted by atomic mass is 14.2. The predicted molar refractivity (Wildman–Crippen MR) is 302 cm³/mol. The molecule has 0 fully saturated rings. The van der Waals surface area contributed by atoms with Crippen LogP contribution in [0.15, 0.2) is 267 Å². The van der Waals surface area contributed by atoms with Crippen LogP contribution in [0.5, 0.6) is 0 Å². The van der Waals surface area contributed by atoms with Crippen LogP contribution < -0.4 is 0 Å². The van der Waals surface area contributed by atoms with E-state index >= 15 is 0 Å². The fraction of sp³-hybridized carbons (Fsp3) is 0. The van der Waals surface area contributed by atoms with Crippen LogP contribution in [0.2, 0.25) is 0 Å². The molecule has 14 aromatic rings. The lowest BCUT2D eigenvalue weighted by molar-refractivity contribution is 1.60. The molecule has 0 nitrogen and oxygen atoms in total. The van der Waals surface area contributed by atoms with Crippen LogP contribution in [0.1, 0.15) is 0 Å². The van der Waals surface area contributed by atoms with Gasteiger partial charge in [-0.25, -0.2) is 0 Å². The maximum atomic E-state index is 2.39. The Morgan fingerprint density at radius 2 is 0.414 bits per heavy atom. The topological polar surface area (TPSA) is 0 Å². The molecule has 0 spiro atoms. The van der Waals surface area contributed by atoms with Crippen LogP contribution in [0, 0.1) is 0 Å². The van der Waals surface area contributed by atoms with Crippen LogP contribution in [0.25, 0.3) is 142 Å². The van der Waals surface area contributed by atoms with Gasteiger partial charge in [0.15, 0.2) is 0 Å². The number of hydrogen-bond donors (Lipinski definition) is 0. The van der Waals surface area contributed by atoms with Crippen LogP contribution in [0.3, 0.4) is 0 Å². The minimum atomic E-state index is 1.19. The van der Waals surface area contributed by atoms with E-state index in [1.54, 1.807) is 0 Å². The molecular formula is C70H44. The minimum absolute atomic E-state index is 1.19. The normalized spacial score (nSPS) is 11.7. The molecule has 0 amide bonds. The van der Waals surface area contributed by atoms with Gasteiger partial charge in [0.05, 0.1) is 0 Å². The molecule has 0 heterocycles. The Kier molecular flexibility index (Phi) is 9.32. The van der Waals surface area contributed by atoms with Crippen molar-refractivity contribution < 1.29 is 0 Å². The molecule has 14 aromatic carbocycles. The molecule has 0 N–H and O–H groups in total. The van der Waals surface area contributed by atoms with Gasteiger partial charge in [0.1, 0.15) is 0 Å². The molecule has 0 atom stereocenters. The fourth-order valence-electron chi connectivity index (χ4n) is 11.6. The summed E-state index contributed by atoms with van der Waals surface area (Å²) in [5.74, 6) is 0. The Balaban J connectivity index is 0.863. The van der Waals surface area contributed by atoms with Gasteiger partial charge in [-0.15, -0.1) is 0 Å². The van der Waals surface area contributed by atoms with E-state index in [0.717, 1.165) is 0 Å². The van der Waals surface area contributed by atoms with Gasteiger partial charge < -0.3 is 0 Å². The van der Waals surface area contributed by atoms with Crippen molar-refractivity contribution in [1.82, 2.24) is 0 Å². The van der Waals surface area contributed by atoms with E-state index in [9.17, 15) is 0 Å². The minimum Gasteiger partial charge on any atom is -0.0616 e. The molecule has 0 heteroatoms. The molecule has 0 unspecified atom stereocenters. The Labute approximate surface area is 407 Å². The van der Waals surface area contributed by atoms with Crippen molar-refractivity contribution in [2.75, 3.05) is 0 Å². The summed E-state index contributed by atoms with van der Waals surface area (Å²) in [4.78, 5) is 0. The SMILES string of the molecule is c1ccc2cc(-c3c4ccccc4c(-c4ccc(-c5cc(-c6ccc(-c7c8ccccc8c(-c8ccc9ccccc9c8)c8ccccc78)cc6)c6ccccc6c5)cc4)c4ccccc34)ccc2c1. The largest absolute Gasteiger partial charge is 0.0616 e. The Bertz CT molecular complexity index is 4270. The average Bonchev–Trinajstić information content (AvgIpc) is 3.43. The summed E-state index contributed by atoms with van der Waals surface area (Å²) in [5.41, 5.74) is 14.8. The van der Waals surface area contributed by atoms with Gasteiger partial charge in [-0.05, 0) is 166 Å². The zero-order valence-electron chi connectivity index (χ0n) is 38.4. The molecule has 0 saturated heterocycles. The molecule has 0 saturated carbocycles. The molecule has 0 aliphatic heterocycles. The van der Waals surface area contributed by atoms with Gasteiger partial charge in [-0.3, -0.25) is 0 Å². The van der Waals surface area contributed by atoms with Gasteiger partial charge in [-0.2, -0.15) is 0 Å². The third kappa shape index (κ3) is 6.53. The van der Waals surface area contributed by atoms with Crippen molar-refractivity contribution in [2.45, 2.75) is 0 Å². The maximum Gasteiger partial charge on any atom is -0.00262 e. The predicted octanol–water partition coefficient (Wildman–Crippen LogP) is 19.8. The monoisotopic (exact) mass is 884 g/mol. The second-order valence-corrected chi connectivity index (χ2v) is 18.7. The van der Waals surface area contributed by atoms with E-state index in [0.29, 0.717) is 0 Å². The molecule has 0 aromatic heterocycles. The summed E-state index contributed by atoms with van der Waals surface area (Å²) in [5, 5.41) is 17.6. The quantitative estimate of drug-likeness (QED) is 0.146. The lowest BCUT2D eigenvalue weighted by Gasteiger charge is -2.18. The molecule has 70 heavy (non-hydrogen) atoms. The van der Waals surface area contributed by atoms with Gasteiger partial charge in [0.25, 0.3) is 0 Å². The third-order valence-corrected chi connectivity index (χ3v) is 14.8. The van der Waals surface area contributed by atoms with Crippen molar-refractivity contribution in [2.24, 2.45) is 0 Å². The highest BCUT2D eigenvalue weighted by Crippen LogP contribution is 2.47. The first-order chi connectivity index (χ1) is 34.7. The summed E-state index contributed by atoms with van der Waals surface area (Å²) in [6.45, 7) is 0. The van der Waals surface area contributed by atoms with Crippen LogP contribution >= 0.6 is 0 Å². The Hall–Kier alpha value is -9.10.